The molecule has 0 unspecified atom stereocenters. The summed E-state index contributed by atoms with van der Waals surface area (Å²) in [6.45, 7) is 1.66. The molecule has 3 aromatic rings. The molecule has 0 aliphatic heterocycles. The molecule has 22 heavy (non-hydrogen) atoms. The molecule has 0 saturated carbocycles. The highest BCUT2D eigenvalue weighted by atomic mass is 19.1. The first-order chi connectivity index (χ1) is 10.6. The van der Waals surface area contributed by atoms with E-state index in [2.05, 4.69) is 5.10 Å². The zero-order chi connectivity index (χ0) is 15.7. The number of carbonyl (C=O) groups is 1. The van der Waals surface area contributed by atoms with Crippen molar-refractivity contribution in [2.24, 2.45) is 0 Å². The maximum atomic E-state index is 13.4. The Labute approximate surface area is 126 Å². The predicted molar refractivity (Wildman–Crippen MR) is 80.7 cm³/mol. The van der Waals surface area contributed by atoms with Gasteiger partial charge in [-0.2, -0.15) is 5.10 Å². The van der Waals surface area contributed by atoms with Crippen molar-refractivity contribution in [3.8, 4) is 16.9 Å². The van der Waals surface area contributed by atoms with Crippen LogP contribution in [0, 0.1) is 12.7 Å². The van der Waals surface area contributed by atoms with Gasteiger partial charge < -0.3 is 5.11 Å². The molecule has 0 bridgehead atoms. The third-order valence-corrected chi connectivity index (χ3v) is 3.38. The minimum absolute atomic E-state index is 0.0585. The fraction of sp³-hybridized carbons (Fsp3) is 0.0588. The van der Waals surface area contributed by atoms with Gasteiger partial charge in [-0.1, -0.05) is 18.2 Å². The van der Waals surface area contributed by atoms with Crippen LogP contribution in [0.5, 0.6) is 0 Å². The van der Waals surface area contributed by atoms with E-state index in [0.29, 0.717) is 22.5 Å². The Morgan fingerprint density at radius 3 is 2.50 bits per heavy atom. The number of aryl methyl sites for hydroxylation is 1. The minimum Gasteiger partial charge on any atom is -0.477 e. The Morgan fingerprint density at radius 1 is 1.14 bits per heavy atom. The molecule has 4 nitrogen and oxygen atoms in total. The standard InChI is InChI=1S/C17H13FN2O2/c1-11-9-12(7-8-14(11)18)15-10-16(17(21)22)20(19-15)13-5-3-2-4-6-13/h2-10H,1H3,(H,21,22). The highest BCUT2D eigenvalue weighted by Crippen LogP contribution is 2.23. The van der Waals surface area contributed by atoms with Crippen LogP contribution in [-0.4, -0.2) is 20.9 Å². The van der Waals surface area contributed by atoms with Crippen molar-refractivity contribution in [2.75, 3.05) is 0 Å². The van der Waals surface area contributed by atoms with Gasteiger partial charge in [0, 0.05) is 5.56 Å². The summed E-state index contributed by atoms with van der Waals surface area (Å²) in [5, 5.41) is 13.7. The Hall–Kier alpha value is -2.95. The molecule has 3 rings (SSSR count). The summed E-state index contributed by atoms with van der Waals surface area (Å²) >= 11 is 0. The number of benzene rings is 2. The van der Waals surface area contributed by atoms with E-state index in [4.69, 9.17) is 0 Å². The lowest BCUT2D eigenvalue weighted by Crippen LogP contribution is -2.07. The molecule has 0 spiro atoms. The molecule has 0 amide bonds. The summed E-state index contributed by atoms with van der Waals surface area (Å²) in [7, 11) is 0. The first-order valence-electron chi connectivity index (χ1n) is 6.71. The van der Waals surface area contributed by atoms with Crippen molar-refractivity contribution in [3.63, 3.8) is 0 Å². The van der Waals surface area contributed by atoms with Gasteiger partial charge in [0.1, 0.15) is 5.82 Å². The highest BCUT2D eigenvalue weighted by molar-refractivity contribution is 5.88. The van der Waals surface area contributed by atoms with Gasteiger partial charge in [-0.25, -0.2) is 13.9 Å². The molecule has 0 radical (unpaired) electrons. The van der Waals surface area contributed by atoms with Crippen LogP contribution in [0.4, 0.5) is 4.39 Å². The Balaban J connectivity index is 2.15. The molecule has 0 fully saturated rings. The van der Waals surface area contributed by atoms with Crippen molar-refractivity contribution in [3.05, 3.63) is 71.7 Å². The number of nitrogens with zero attached hydrogens (tertiary/aromatic N) is 2. The first-order valence-corrected chi connectivity index (χ1v) is 6.71. The average Bonchev–Trinajstić information content (AvgIpc) is 2.96. The average molecular weight is 296 g/mol. The van der Waals surface area contributed by atoms with Gasteiger partial charge in [-0.15, -0.1) is 0 Å². The third kappa shape index (κ3) is 2.48. The SMILES string of the molecule is Cc1cc(-c2cc(C(=O)O)n(-c3ccccc3)n2)ccc1F. The van der Waals surface area contributed by atoms with E-state index in [1.54, 1.807) is 31.2 Å². The van der Waals surface area contributed by atoms with E-state index < -0.39 is 5.97 Å². The van der Waals surface area contributed by atoms with Gasteiger partial charge in [0.05, 0.1) is 11.4 Å². The fourth-order valence-electron chi connectivity index (χ4n) is 2.24. The molecule has 2 aromatic carbocycles. The maximum Gasteiger partial charge on any atom is 0.354 e. The minimum atomic E-state index is -1.07. The van der Waals surface area contributed by atoms with Crippen LogP contribution in [0.15, 0.2) is 54.6 Å². The van der Waals surface area contributed by atoms with Gasteiger partial charge in [-0.05, 0) is 48.9 Å². The van der Waals surface area contributed by atoms with Gasteiger partial charge in [0.15, 0.2) is 5.69 Å². The number of aromatic nitrogens is 2. The summed E-state index contributed by atoms with van der Waals surface area (Å²) in [6, 6.07) is 15.1. The normalized spacial score (nSPS) is 10.6. The van der Waals surface area contributed by atoms with Gasteiger partial charge in [-0.3, -0.25) is 0 Å². The van der Waals surface area contributed by atoms with Crippen LogP contribution in [0.25, 0.3) is 16.9 Å². The van der Waals surface area contributed by atoms with E-state index >= 15 is 0 Å². The van der Waals surface area contributed by atoms with Crippen LogP contribution < -0.4 is 0 Å². The van der Waals surface area contributed by atoms with Gasteiger partial charge in [0.25, 0.3) is 0 Å². The van der Waals surface area contributed by atoms with Crippen LogP contribution in [0.3, 0.4) is 0 Å². The Bertz CT molecular complexity index is 841. The third-order valence-electron chi connectivity index (χ3n) is 3.38. The van der Waals surface area contributed by atoms with Crippen molar-refractivity contribution in [2.45, 2.75) is 6.92 Å². The second kappa shape index (κ2) is 5.44. The smallest absolute Gasteiger partial charge is 0.354 e. The Kier molecular flexibility index (Phi) is 3.47. The number of carboxylic acid groups (broad SMARTS) is 1. The van der Waals surface area contributed by atoms with E-state index in [1.807, 2.05) is 18.2 Å². The number of para-hydroxylation sites is 1. The zero-order valence-electron chi connectivity index (χ0n) is 11.8. The first kappa shape index (κ1) is 14.0. The van der Waals surface area contributed by atoms with E-state index in [0.717, 1.165) is 0 Å². The zero-order valence-corrected chi connectivity index (χ0v) is 11.8. The molecule has 5 heteroatoms. The number of rotatable bonds is 3. The molecule has 0 aliphatic rings. The summed E-state index contributed by atoms with van der Waals surface area (Å²) in [5.41, 5.74) is 2.37. The van der Waals surface area contributed by atoms with Crippen LogP contribution >= 0.6 is 0 Å². The number of hydrogen-bond donors (Lipinski definition) is 1. The Morgan fingerprint density at radius 2 is 1.86 bits per heavy atom. The highest BCUT2D eigenvalue weighted by Gasteiger charge is 2.16. The second-order valence-electron chi connectivity index (χ2n) is 4.93. The maximum absolute atomic E-state index is 13.4. The summed E-state index contributed by atoms with van der Waals surface area (Å²) in [6.07, 6.45) is 0. The second-order valence-corrected chi connectivity index (χ2v) is 4.93. The van der Waals surface area contributed by atoms with Crippen LogP contribution in [0.2, 0.25) is 0 Å². The van der Waals surface area contributed by atoms with Crippen molar-refractivity contribution in [1.29, 1.82) is 0 Å². The molecule has 0 atom stereocenters. The van der Waals surface area contributed by atoms with Crippen molar-refractivity contribution >= 4 is 5.97 Å². The lowest BCUT2D eigenvalue weighted by Gasteiger charge is -2.03. The molecular weight excluding hydrogens is 283 g/mol. The largest absolute Gasteiger partial charge is 0.477 e. The topological polar surface area (TPSA) is 55.1 Å². The predicted octanol–water partition coefficient (Wildman–Crippen LogP) is 3.69. The van der Waals surface area contributed by atoms with Crippen LogP contribution in [-0.2, 0) is 0 Å². The number of halogens is 1. The molecule has 110 valence electrons. The summed E-state index contributed by atoms with van der Waals surface area (Å²) in [5.74, 6) is -1.37. The summed E-state index contributed by atoms with van der Waals surface area (Å²) < 4.78 is 14.7. The molecule has 1 heterocycles. The molecule has 1 aromatic heterocycles. The molecule has 1 N–H and O–H groups in total. The molecular formula is C17H13FN2O2. The lowest BCUT2D eigenvalue weighted by molar-refractivity contribution is 0.0687. The van der Waals surface area contributed by atoms with Crippen LogP contribution in [0.1, 0.15) is 16.1 Å². The molecule has 0 aliphatic carbocycles. The fourth-order valence-corrected chi connectivity index (χ4v) is 2.24. The van der Waals surface area contributed by atoms with Crippen molar-refractivity contribution < 1.29 is 14.3 Å². The number of hydrogen-bond acceptors (Lipinski definition) is 2. The van der Waals surface area contributed by atoms with Gasteiger partial charge >= 0.3 is 5.97 Å². The van der Waals surface area contributed by atoms with Gasteiger partial charge in [0.2, 0.25) is 0 Å². The van der Waals surface area contributed by atoms with E-state index in [9.17, 15) is 14.3 Å². The lowest BCUT2D eigenvalue weighted by atomic mass is 10.1. The number of carboxylic acids is 1. The molecule has 0 saturated heterocycles. The quantitative estimate of drug-likeness (QED) is 0.802. The number of aromatic carboxylic acids is 1. The van der Waals surface area contributed by atoms with Crippen molar-refractivity contribution in [1.82, 2.24) is 9.78 Å². The summed E-state index contributed by atoms with van der Waals surface area (Å²) in [4.78, 5) is 11.4. The van der Waals surface area contributed by atoms with E-state index in [1.165, 1.54) is 16.8 Å². The van der Waals surface area contributed by atoms with E-state index in [-0.39, 0.29) is 11.5 Å². The monoisotopic (exact) mass is 296 g/mol.